The van der Waals surface area contributed by atoms with Crippen LogP contribution < -0.4 is 21.6 Å². The van der Waals surface area contributed by atoms with Crippen molar-refractivity contribution in [3.8, 4) is 11.5 Å². The first-order valence-corrected chi connectivity index (χ1v) is 13.6. The van der Waals surface area contributed by atoms with Crippen molar-refractivity contribution in [3.63, 3.8) is 0 Å². The zero-order valence-corrected chi connectivity index (χ0v) is 23.1. The van der Waals surface area contributed by atoms with E-state index >= 15 is 0 Å². The number of carboxylic acid groups (broad SMARTS) is 1. The molecule has 0 fully saturated rings. The molecule has 2 aromatic carbocycles. The minimum atomic E-state index is -1.39. The van der Waals surface area contributed by atoms with E-state index in [2.05, 4.69) is 27.9 Å². The van der Waals surface area contributed by atoms with E-state index in [0.717, 1.165) is 18.7 Å². The molecule has 0 aliphatic heterocycles. The fourth-order valence-corrected chi connectivity index (χ4v) is 4.28. The SMILES string of the molecule is CCCNc1ccc2cc(-c3nc4cc(C(=O)NC(CNC(=O)C5=C/C=C\C=C/C=C5)C(=O)O)ccc4o3)c(=O)oc2c1. The predicted octanol–water partition coefficient (Wildman–Crippen LogP) is 4.33. The Hall–Kier alpha value is -5.71. The second-order valence-electron chi connectivity index (χ2n) is 9.65. The molecular weight excluding hydrogens is 552 g/mol. The van der Waals surface area contributed by atoms with Gasteiger partial charge in [-0.05, 0) is 55.0 Å². The van der Waals surface area contributed by atoms with Gasteiger partial charge in [-0.25, -0.2) is 14.6 Å². The number of hydrogen-bond acceptors (Lipinski definition) is 8. The molecule has 5 rings (SSSR count). The number of hydrogen-bond donors (Lipinski definition) is 4. The van der Waals surface area contributed by atoms with Crippen molar-refractivity contribution < 1.29 is 28.3 Å². The Kier molecular flexibility index (Phi) is 8.61. The lowest BCUT2D eigenvalue weighted by Crippen LogP contribution is -2.48. The summed E-state index contributed by atoms with van der Waals surface area (Å²) in [5.41, 5.74) is 1.79. The van der Waals surface area contributed by atoms with E-state index in [0.29, 0.717) is 22.1 Å². The zero-order valence-electron chi connectivity index (χ0n) is 23.1. The van der Waals surface area contributed by atoms with Gasteiger partial charge in [0.1, 0.15) is 22.7 Å². The van der Waals surface area contributed by atoms with Gasteiger partial charge in [-0.15, -0.1) is 0 Å². The van der Waals surface area contributed by atoms with Crippen molar-refractivity contribution in [2.24, 2.45) is 0 Å². The number of oxazole rings is 1. The number of carbonyl (C=O) groups excluding carboxylic acids is 2. The highest BCUT2D eigenvalue weighted by atomic mass is 16.4. The van der Waals surface area contributed by atoms with Gasteiger partial charge in [-0.1, -0.05) is 37.3 Å². The highest BCUT2D eigenvalue weighted by Gasteiger charge is 2.23. The van der Waals surface area contributed by atoms with Gasteiger partial charge in [0, 0.05) is 41.4 Å². The molecule has 2 amide bonds. The molecule has 1 atom stereocenters. The fraction of sp³-hybridized carbons (Fsp3) is 0.156. The summed E-state index contributed by atoms with van der Waals surface area (Å²) in [5, 5.41) is 18.5. The van der Waals surface area contributed by atoms with Crippen LogP contribution in [0.25, 0.3) is 33.5 Å². The Morgan fingerprint density at radius 3 is 2.56 bits per heavy atom. The maximum absolute atomic E-state index is 12.9. The first kappa shape index (κ1) is 28.8. The lowest BCUT2D eigenvalue weighted by molar-refractivity contribution is -0.139. The number of amides is 2. The number of rotatable bonds is 10. The Morgan fingerprint density at radius 1 is 0.930 bits per heavy atom. The van der Waals surface area contributed by atoms with Crippen LogP contribution in [-0.2, 0) is 9.59 Å². The number of anilines is 1. The van der Waals surface area contributed by atoms with Crippen LogP contribution in [0, 0.1) is 0 Å². The number of aromatic nitrogens is 1. The van der Waals surface area contributed by atoms with Crippen molar-refractivity contribution in [1.29, 1.82) is 0 Å². The second-order valence-corrected chi connectivity index (χ2v) is 9.65. The summed E-state index contributed by atoms with van der Waals surface area (Å²) < 4.78 is 11.3. The van der Waals surface area contributed by atoms with E-state index in [-0.39, 0.29) is 29.1 Å². The number of aliphatic carboxylic acids is 1. The average molecular weight is 581 g/mol. The number of allylic oxidation sites excluding steroid dienone is 6. The molecule has 0 bridgehead atoms. The van der Waals surface area contributed by atoms with Crippen LogP contribution >= 0.6 is 0 Å². The van der Waals surface area contributed by atoms with Gasteiger partial charge in [0.25, 0.3) is 11.8 Å². The zero-order chi connectivity index (χ0) is 30.3. The summed E-state index contributed by atoms with van der Waals surface area (Å²) >= 11 is 0. The molecule has 1 aliphatic carbocycles. The topological polar surface area (TPSA) is 164 Å². The molecule has 11 heteroatoms. The van der Waals surface area contributed by atoms with Crippen LogP contribution in [0.4, 0.5) is 5.69 Å². The number of nitrogens with zero attached hydrogens (tertiary/aromatic N) is 1. The monoisotopic (exact) mass is 580 g/mol. The summed E-state index contributed by atoms with van der Waals surface area (Å²) in [7, 11) is 0. The number of carboxylic acids is 1. The van der Waals surface area contributed by atoms with E-state index in [1.165, 1.54) is 18.2 Å². The summed E-state index contributed by atoms with van der Waals surface area (Å²) in [5.74, 6) is -2.48. The predicted molar refractivity (Wildman–Crippen MR) is 162 cm³/mol. The highest BCUT2D eigenvalue weighted by Crippen LogP contribution is 2.26. The minimum absolute atomic E-state index is 0.0189. The van der Waals surface area contributed by atoms with Crippen molar-refractivity contribution >= 4 is 45.5 Å². The highest BCUT2D eigenvalue weighted by molar-refractivity contribution is 6.00. The number of carbonyl (C=O) groups is 3. The molecule has 0 spiro atoms. The van der Waals surface area contributed by atoms with Gasteiger partial charge in [0.15, 0.2) is 5.58 Å². The van der Waals surface area contributed by atoms with E-state index in [1.54, 1.807) is 54.7 Å². The maximum atomic E-state index is 12.9. The number of nitrogens with one attached hydrogen (secondary N) is 3. The summed E-state index contributed by atoms with van der Waals surface area (Å²) in [4.78, 5) is 54.5. The molecule has 4 N–H and O–H groups in total. The minimum Gasteiger partial charge on any atom is -0.480 e. The molecule has 43 heavy (non-hydrogen) atoms. The standard InChI is InChI=1S/C32H28N4O7/c1-2-14-33-22-12-10-20-15-23(32(41)43-27(20)17-22)30-36-24-16-21(11-13-26(24)42-30)29(38)35-25(31(39)40)18-34-28(37)19-8-6-4-3-5-7-9-19/h3-13,15-17,25,33H,2,14,18H2,1H3,(H,34,37)(H,35,38)(H,39,40)/b4-3-,5-3?,6-4?,7-5-,8-6?,9-7?,19-8?,19-9?. The number of benzene rings is 2. The Morgan fingerprint density at radius 2 is 1.74 bits per heavy atom. The Bertz CT molecular complexity index is 1890. The molecule has 218 valence electrons. The molecule has 4 aromatic rings. The molecule has 1 aliphatic rings. The van der Waals surface area contributed by atoms with Crippen molar-refractivity contribution in [2.45, 2.75) is 19.4 Å². The molecule has 11 nitrogen and oxygen atoms in total. The third-order valence-corrected chi connectivity index (χ3v) is 6.52. The molecule has 0 saturated carbocycles. The van der Waals surface area contributed by atoms with Gasteiger partial charge in [0.2, 0.25) is 5.89 Å². The lowest BCUT2D eigenvalue weighted by Gasteiger charge is -2.15. The van der Waals surface area contributed by atoms with Crippen LogP contribution in [0.1, 0.15) is 23.7 Å². The van der Waals surface area contributed by atoms with Gasteiger partial charge in [-0.3, -0.25) is 9.59 Å². The van der Waals surface area contributed by atoms with E-state index in [1.807, 2.05) is 12.1 Å². The van der Waals surface area contributed by atoms with Crippen LogP contribution in [0.15, 0.2) is 104 Å². The summed E-state index contributed by atoms with van der Waals surface area (Å²) in [6, 6.07) is 10.1. The summed E-state index contributed by atoms with van der Waals surface area (Å²) in [6.45, 7) is 2.50. The quantitative estimate of drug-likeness (QED) is 0.200. The first-order valence-electron chi connectivity index (χ1n) is 13.6. The van der Waals surface area contributed by atoms with Crippen LogP contribution in [0.5, 0.6) is 0 Å². The Balaban J connectivity index is 1.31. The largest absolute Gasteiger partial charge is 0.480 e. The van der Waals surface area contributed by atoms with Gasteiger partial charge < -0.3 is 29.9 Å². The third-order valence-electron chi connectivity index (χ3n) is 6.52. The van der Waals surface area contributed by atoms with Gasteiger partial charge in [-0.2, -0.15) is 0 Å². The molecular formula is C32H28N4O7. The van der Waals surface area contributed by atoms with Crippen molar-refractivity contribution in [2.75, 3.05) is 18.4 Å². The molecule has 2 heterocycles. The first-order chi connectivity index (χ1) is 20.8. The van der Waals surface area contributed by atoms with Crippen molar-refractivity contribution in [1.82, 2.24) is 15.6 Å². The maximum Gasteiger partial charge on any atom is 0.349 e. The van der Waals surface area contributed by atoms with Crippen LogP contribution in [0.3, 0.4) is 0 Å². The van der Waals surface area contributed by atoms with E-state index < -0.39 is 29.5 Å². The third kappa shape index (κ3) is 6.79. The fourth-order valence-electron chi connectivity index (χ4n) is 4.28. The average Bonchev–Trinajstić information content (AvgIpc) is 3.40. The summed E-state index contributed by atoms with van der Waals surface area (Å²) in [6.07, 6.45) is 12.8. The van der Waals surface area contributed by atoms with Crippen molar-refractivity contribution in [3.05, 3.63) is 107 Å². The van der Waals surface area contributed by atoms with Gasteiger partial charge >= 0.3 is 11.6 Å². The number of fused-ring (bicyclic) bond motifs is 2. The molecule has 1 unspecified atom stereocenters. The molecule has 0 radical (unpaired) electrons. The Labute approximate surface area is 245 Å². The van der Waals surface area contributed by atoms with Gasteiger partial charge in [0.05, 0.1) is 0 Å². The van der Waals surface area contributed by atoms with E-state index in [4.69, 9.17) is 8.83 Å². The van der Waals surface area contributed by atoms with E-state index in [9.17, 15) is 24.3 Å². The molecule has 0 saturated heterocycles. The smallest absolute Gasteiger partial charge is 0.349 e. The van der Waals surface area contributed by atoms with Crippen LogP contribution in [-0.4, -0.2) is 47.0 Å². The second kappa shape index (κ2) is 12.9. The van der Waals surface area contributed by atoms with Crippen LogP contribution in [0.2, 0.25) is 0 Å². The normalized spacial score (nSPS) is 14.8. The lowest BCUT2D eigenvalue weighted by atomic mass is 10.1. The molecule has 2 aromatic heterocycles.